The molecular formula is C13H24O. The molecule has 0 aromatic rings. The van der Waals surface area contributed by atoms with E-state index in [0.717, 1.165) is 11.8 Å². The Balaban J connectivity index is 2.54. The fourth-order valence-electron chi connectivity index (χ4n) is 3.00. The summed E-state index contributed by atoms with van der Waals surface area (Å²) in [5.74, 6) is 3.04. The number of carbonyl (C=O) groups is 1. The molecule has 1 fully saturated rings. The van der Waals surface area contributed by atoms with Gasteiger partial charge in [0.25, 0.3) is 0 Å². The van der Waals surface area contributed by atoms with Crippen molar-refractivity contribution >= 4 is 5.78 Å². The first-order valence-electron chi connectivity index (χ1n) is 6.07. The predicted molar refractivity (Wildman–Crippen MR) is 60.1 cm³/mol. The molecule has 82 valence electrons. The summed E-state index contributed by atoms with van der Waals surface area (Å²) < 4.78 is 0. The minimum absolute atomic E-state index is 0.296. The van der Waals surface area contributed by atoms with Crippen LogP contribution in [-0.2, 0) is 4.79 Å². The van der Waals surface area contributed by atoms with Gasteiger partial charge in [-0.3, -0.25) is 4.79 Å². The summed E-state index contributed by atoms with van der Waals surface area (Å²) in [6.45, 7) is 8.76. The van der Waals surface area contributed by atoms with Crippen LogP contribution in [-0.4, -0.2) is 5.78 Å². The lowest BCUT2D eigenvalue weighted by Gasteiger charge is -2.34. The van der Waals surface area contributed by atoms with Crippen LogP contribution in [0.4, 0.5) is 0 Å². The van der Waals surface area contributed by atoms with Crippen molar-refractivity contribution in [2.24, 2.45) is 23.7 Å². The zero-order chi connectivity index (χ0) is 10.7. The van der Waals surface area contributed by atoms with Gasteiger partial charge in [-0.25, -0.2) is 0 Å². The largest absolute Gasteiger partial charge is 0.299 e. The highest BCUT2D eigenvalue weighted by Gasteiger charge is 2.30. The maximum atomic E-state index is 11.6. The Labute approximate surface area is 88.3 Å². The van der Waals surface area contributed by atoms with Crippen molar-refractivity contribution in [3.05, 3.63) is 0 Å². The maximum Gasteiger partial charge on any atom is 0.135 e. The molecule has 0 spiro atoms. The standard InChI is InChI=1S/C13H24O/c1-5-13(14)11(4)12-7-9(2)6-10(3)8-12/h9-12H,5-8H2,1-4H3. The van der Waals surface area contributed by atoms with Gasteiger partial charge in [0.05, 0.1) is 0 Å². The van der Waals surface area contributed by atoms with Gasteiger partial charge in [0.2, 0.25) is 0 Å². The van der Waals surface area contributed by atoms with E-state index in [1.54, 1.807) is 0 Å². The number of rotatable bonds is 3. The summed E-state index contributed by atoms with van der Waals surface area (Å²) in [4.78, 5) is 11.6. The van der Waals surface area contributed by atoms with Gasteiger partial charge in [-0.1, -0.05) is 27.7 Å². The molecule has 0 aliphatic heterocycles. The highest BCUT2D eigenvalue weighted by Crippen LogP contribution is 2.37. The van der Waals surface area contributed by atoms with Gasteiger partial charge in [0.1, 0.15) is 5.78 Å². The number of hydrogen-bond acceptors (Lipinski definition) is 1. The molecule has 0 N–H and O–H groups in total. The van der Waals surface area contributed by atoms with Gasteiger partial charge in [0, 0.05) is 12.3 Å². The number of hydrogen-bond donors (Lipinski definition) is 0. The molecule has 0 bridgehead atoms. The molecule has 0 aromatic carbocycles. The van der Waals surface area contributed by atoms with Gasteiger partial charge in [0.15, 0.2) is 0 Å². The first kappa shape index (κ1) is 11.7. The zero-order valence-electron chi connectivity index (χ0n) is 10.0. The van der Waals surface area contributed by atoms with Crippen LogP contribution in [0.2, 0.25) is 0 Å². The van der Waals surface area contributed by atoms with Crippen LogP contribution in [0.1, 0.15) is 53.4 Å². The van der Waals surface area contributed by atoms with Crippen molar-refractivity contribution in [3.63, 3.8) is 0 Å². The van der Waals surface area contributed by atoms with Gasteiger partial charge < -0.3 is 0 Å². The smallest absolute Gasteiger partial charge is 0.135 e. The molecule has 3 atom stereocenters. The number of carbonyl (C=O) groups excluding carboxylic acids is 1. The van der Waals surface area contributed by atoms with Crippen LogP contribution < -0.4 is 0 Å². The number of ketones is 1. The second-order valence-electron chi connectivity index (χ2n) is 5.29. The third kappa shape index (κ3) is 2.83. The van der Waals surface area contributed by atoms with Crippen LogP contribution in [0.25, 0.3) is 0 Å². The van der Waals surface area contributed by atoms with Crippen LogP contribution in [0.3, 0.4) is 0 Å². The molecule has 1 heteroatoms. The molecule has 0 aromatic heterocycles. The molecule has 0 saturated heterocycles. The maximum absolute atomic E-state index is 11.6. The minimum Gasteiger partial charge on any atom is -0.299 e. The van der Waals surface area contributed by atoms with Gasteiger partial charge in [-0.15, -0.1) is 0 Å². The lowest BCUT2D eigenvalue weighted by Crippen LogP contribution is -2.28. The van der Waals surface area contributed by atoms with E-state index in [2.05, 4.69) is 20.8 Å². The van der Waals surface area contributed by atoms with E-state index in [9.17, 15) is 4.79 Å². The van der Waals surface area contributed by atoms with Crippen molar-refractivity contribution in [1.29, 1.82) is 0 Å². The summed E-state index contributed by atoms with van der Waals surface area (Å²) in [6.07, 6.45) is 4.58. The van der Waals surface area contributed by atoms with Crippen molar-refractivity contribution in [3.8, 4) is 0 Å². The van der Waals surface area contributed by atoms with Crippen molar-refractivity contribution in [2.45, 2.75) is 53.4 Å². The summed E-state index contributed by atoms with van der Waals surface area (Å²) in [7, 11) is 0. The fraction of sp³-hybridized carbons (Fsp3) is 0.923. The van der Waals surface area contributed by atoms with E-state index < -0.39 is 0 Å². The first-order valence-corrected chi connectivity index (χ1v) is 6.07. The van der Waals surface area contributed by atoms with E-state index in [-0.39, 0.29) is 0 Å². The van der Waals surface area contributed by atoms with Crippen LogP contribution in [0.5, 0.6) is 0 Å². The van der Waals surface area contributed by atoms with Gasteiger partial charge in [-0.2, -0.15) is 0 Å². The van der Waals surface area contributed by atoms with Gasteiger partial charge >= 0.3 is 0 Å². The predicted octanol–water partition coefficient (Wildman–Crippen LogP) is 3.67. The third-order valence-electron chi connectivity index (χ3n) is 3.78. The topological polar surface area (TPSA) is 17.1 Å². The van der Waals surface area contributed by atoms with Crippen molar-refractivity contribution in [1.82, 2.24) is 0 Å². The molecule has 1 nitrogen and oxygen atoms in total. The second kappa shape index (κ2) is 4.95. The Morgan fingerprint density at radius 1 is 1.21 bits per heavy atom. The van der Waals surface area contributed by atoms with E-state index in [4.69, 9.17) is 0 Å². The normalized spacial score (nSPS) is 35.3. The molecule has 1 rings (SSSR count). The molecular weight excluding hydrogens is 172 g/mol. The molecule has 3 unspecified atom stereocenters. The Kier molecular flexibility index (Phi) is 4.15. The van der Waals surface area contributed by atoms with Crippen LogP contribution in [0.15, 0.2) is 0 Å². The Bertz CT molecular complexity index is 187. The Morgan fingerprint density at radius 3 is 2.14 bits per heavy atom. The third-order valence-corrected chi connectivity index (χ3v) is 3.78. The average Bonchev–Trinajstić information content (AvgIpc) is 2.14. The van der Waals surface area contributed by atoms with Crippen molar-refractivity contribution in [2.75, 3.05) is 0 Å². The monoisotopic (exact) mass is 196 g/mol. The summed E-state index contributed by atoms with van der Waals surface area (Å²) >= 11 is 0. The van der Waals surface area contributed by atoms with E-state index >= 15 is 0 Å². The van der Waals surface area contributed by atoms with Crippen molar-refractivity contribution < 1.29 is 4.79 Å². The quantitative estimate of drug-likeness (QED) is 0.673. The Morgan fingerprint density at radius 2 is 1.71 bits per heavy atom. The zero-order valence-corrected chi connectivity index (χ0v) is 10.0. The molecule has 0 heterocycles. The molecule has 0 amide bonds. The minimum atomic E-state index is 0.296. The first-order chi connectivity index (χ1) is 6.54. The molecule has 0 radical (unpaired) electrons. The SMILES string of the molecule is CCC(=O)C(C)C1CC(C)CC(C)C1. The second-order valence-corrected chi connectivity index (χ2v) is 5.29. The summed E-state index contributed by atoms with van der Waals surface area (Å²) in [5, 5.41) is 0. The highest BCUT2D eigenvalue weighted by molar-refractivity contribution is 5.80. The van der Waals surface area contributed by atoms with Crippen LogP contribution >= 0.6 is 0 Å². The van der Waals surface area contributed by atoms with Gasteiger partial charge in [-0.05, 0) is 37.0 Å². The molecule has 1 saturated carbocycles. The molecule has 1 aliphatic rings. The summed E-state index contributed by atoms with van der Waals surface area (Å²) in [6, 6.07) is 0. The average molecular weight is 196 g/mol. The van der Waals surface area contributed by atoms with E-state index in [1.807, 2.05) is 6.92 Å². The highest BCUT2D eigenvalue weighted by atomic mass is 16.1. The Hall–Kier alpha value is -0.330. The molecule has 1 aliphatic carbocycles. The lowest BCUT2D eigenvalue weighted by atomic mass is 9.71. The van der Waals surface area contributed by atoms with Crippen LogP contribution in [0, 0.1) is 23.7 Å². The number of Topliss-reactive ketones (excluding diaryl/α,β-unsaturated/α-hetero) is 1. The lowest BCUT2D eigenvalue weighted by molar-refractivity contribution is -0.124. The summed E-state index contributed by atoms with van der Waals surface area (Å²) in [5.41, 5.74) is 0. The fourth-order valence-corrected chi connectivity index (χ4v) is 3.00. The van der Waals surface area contributed by atoms with E-state index in [1.165, 1.54) is 19.3 Å². The van der Waals surface area contributed by atoms with E-state index in [0.29, 0.717) is 24.0 Å². The molecule has 14 heavy (non-hydrogen) atoms.